The fourth-order valence-corrected chi connectivity index (χ4v) is 8.02. The number of furan rings is 1. The Hall–Kier alpha value is -7.63. The molecule has 0 amide bonds. The predicted molar refractivity (Wildman–Crippen MR) is 229 cm³/mol. The average molecular weight is 717 g/mol. The van der Waals surface area contributed by atoms with Crippen molar-refractivity contribution in [3.8, 4) is 62.0 Å². The van der Waals surface area contributed by atoms with Crippen molar-refractivity contribution in [2.45, 2.75) is 0 Å². The lowest BCUT2D eigenvalue weighted by molar-refractivity contribution is 0.676. The first-order valence-electron chi connectivity index (χ1n) is 18.8. The molecule has 0 aliphatic heterocycles. The van der Waals surface area contributed by atoms with E-state index in [9.17, 15) is 0 Å². The zero-order chi connectivity index (χ0) is 37.0. The van der Waals surface area contributed by atoms with E-state index in [1.54, 1.807) is 0 Å². The van der Waals surface area contributed by atoms with Crippen molar-refractivity contribution in [1.29, 1.82) is 0 Å². The first-order valence-corrected chi connectivity index (χ1v) is 18.8. The van der Waals surface area contributed by atoms with Crippen LogP contribution in [0.5, 0.6) is 0 Å². The highest BCUT2D eigenvalue weighted by Gasteiger charge is 2.25. The van der Waals surface area contributed by atoms with Crippen LogP contribution in [0.2, 0.25) is 0 Å². The van der Waals surface area contributed by atoms with Crippen LogP contribution < -0.4 is 0 Å². The number of fused-ring (bicyclic) bond motifs is 7. The van der Waals surface area contributed by atoms with Gasteiger partial charge in [-0.25, -0.2) is 15.0 Å². The monoisotopic (exact) mass is 716 g/mol. The molecule has 4 aromatic heterocycles. The normalized spacial score (nSPS) is 11.6. The third-order valence-electron chi connectivity index (χ3n) is 10.6. The van der Waals surface area contributed by atoms with Gasteiger partial charge in [0, 0.05) is 38.7 Å². The molecular formula is C51H32N4O. The molecule has 0 radical (unpaired) electrons. The summed E-state index contributed by atoms with van der Waals surface area (Å²) in [4.78, 5) is 15.5. The van der Waals surface area contributed by atoms with Gasteiger partial charge < -0.3 is 8.98 Å². The van der Waals surface area contributed by atoms with Crippen molar-refractivity contribution in [2.24, 2.45) is 0 Å². The molecule has 0 fully saturated rings. The minimum atomic E-state index is 0.696. The largest absolute Gasteiger partial charge is 0.453 e. The molecule has 0 aliphatic carbocycles. The highest BCUT2D eigenvalue weighted by atomic mass is 16.3. The molecule has 11 aromatic rings. The van der Waals surface area contributed by atoms with Gasteiger partial charge in [0.15, 0.2) is 11.4 Å². The standard InChI is InChI=1S/C51H32N4O/c1-4-16-34(17-5-1)43-32-44(54-51(53-43)36-18-6-2-7-19-36)35-30-28-33(29-31-35)38-22-10-11-23-39(38)47-46-48-50(56-49(46)40-24-12-14-26-42(40)52-47)41-25-13-15-27-45(41)55(48)37-20-8-3-9-21-37/h1-32H. The summed E-state index contributed by atoms with van der Waals surface area (Å²) in [6.07, 6.45) is 0. The zero-order valence-corrected chi connectivity index (χ0v) is 30.2. The zero-order valence-electron chi connectivity index (χ0n) is 30.2. The van der Waals surface area contributed by atoms with Crippen LogP contribution in [0.1, 0.15) is 0 Å². The Labute approximate surface area is 322 Å². The van der Waals surface area contributed by atoms with Crippen LogP contribution in [0.15, 0.2) is 199 Å². The minimum Gasteiger partial charge on any atom is -0.453 e. The van der Waals surface area contributed by atoms with E-state index in [1.807, 2.05) is 42.5 Å². The molecule has 0 spiro atoms. The van der Waals surface area contributed by atoms with Crippen LogP contribution >= 0.6 is 0 Å². The number of aromatic nitrogens is 4. The summed E-state index contributed by atoms with van der Waals surface area (Å²) < 4.78 is 9.29. The number of hydrogen-bond donors (Lipinski definition) is 0. The van der Waals surface area contributed by atoms with Gasteiger partial charge in [0.2, 0.25) is 0 Å². The van der Waals surface area contributed by atoms with Crippen molar-refractivity contribution < 1.29 is 4.42 Å². The highest BCUT2D eigenvalue weighted by Crippen LogP contribution is 2.46. The Morgan fingerprint density at radius 2 is 0.964 bits per heavy atom. The van der Waals surface area contributed by atoms with Crippen LogP contribution in [0.4, 0.5) is 0 Å². The van der Waals surface area contributed by atoms with Crippen molar-refractivity contribution in [1.82, 2.24) is 19.5 Å². The fraction of sp³-hybridized carbons (Fsp3) is 0. The predicted octanol–water partition coefficient (Wildman–Crippen LogP) is 13.2. The fourth-order valence-electron chi connectivity index (χ4n) is 8.02. The Bertz CT molecular complexity index is 3160. The van der Waals surface area contributed by atoms with Gasteiger partial charge in [0.1, 0.15) is 11.1 Å². The van der Waals surface area contributed by atoms with E-state index in [0.717, 1.165) is 100 Å². The maximum absolute atomic E-state index is 6.96. The number of para-hydroxylation sites is 3. The van der Waals surface area contributed by atoms with E-state index in [0.29, 0.717) is 5.82 Å². The summed E-state index contributed by atoms with van der Waals surface area (Å²) in [5.74, 6) is 0.696. The second kappa shape index (κ2) is 13.0. The first kappa shape index (κ1) is 31.9. The molecule has 0 saturated heterocycles. The minimum absolute atomic E-state index is 0.696. The van der Waals surface area contributed by atoms with Gasteiger partial charge in [-0.2, -0.15) is 0 Å². The lowest BCUT2D eigenvalue weighted by atomic mass is 9.94. The van der Waals surface area contributed by atoms with Gasteiger partial charge in [-0.15, -0.1) is 0 Å². The molecular weight excluding hydrogens is 685 g/mol. The van der Waals surface area contributed by atoms with Crippen LogP contribution in [-0.4, -0.2) is 19.5 Å². The molecule has 5 nitrogen and oxygen atoms in total. The lowest BCUT2D eigenvalue weighted by Crippen LogP contribution is -1.96. The second-order valence-electron chi connectivity index (χ2n) is 14.0. The van der Waals surface area contributed by atoms with Crippen LogP contribution in [0.25, 0.3) is 106 Å². The van der Waals surface area contributed by atoms with Gasteiger partial charge in [-0.1, -0.05) is 152 Å². The van der Waals surface area contributed by atoms with E-state index in [-0.39, 0.29) is 0 Å². The van der Waals surface area contributed by atoms with Crippen LogP contribution in [-0.2, 0) is 0 Å². The van der Waals surface area contributed by atoms with E-state index in [2.05, 4.69) is 156 Å². The number of benzene rings is 7. The molecule has 7 aromatic carbocycles. The topological polar surface area (TPSA) is 56.7 Å². The Morgan fingerprint density at radius 3 is 1.70 bits per heavy atom. The molecule has 0 bridgehead atoms. The lowest BCUT2D eigenvalue weighted by Gasteiger charge is -2.14. The summed E-state index contributed by atoms with van der Waals surface area (Å²) in [6, 6.07) is 67.0. The quantitative estimate of drug-likeness (QED) is 0.172. The summed E-state index contributed by atoms with van der Waals surface area (Å²) >= 11 is 0. The summed E-state index contributed by atoms with van der Waals surface area (Å²) in [5, 5.41) is 3.05. The highest BCUT2D eigenvalue weighted by molar-refractivity contribution is 6.24. The SMILES string of the molecule is c1ccc(-c2cc(-c3ccc(-c4ccccc4-c4nc5ccccc5c5oc6c7ccccc7n(-c7ccccc7)c6c45)cc3)nc(-c3ccccc3)n2)cc1. The molecule has 0 N–H and O–H groups in total. The Kier molecular flexibility index (Phi) is 7.42. The molecule has 0 saturated carbocycles. The summed E-state index contributed by atoms with van der Waals surface area (Å²) in [6.45, 7) is 0. The third-order valence-corrected chi connectivity index (χ3v) is 10.6. The molecule has 5 heteroatoms. The maximum Gasteiger partial charge on any atom is 0.161 e. The average Bonchev–Trinajstić information content (AvgIpc) is 3.82. The second-order valence-corrected chi connectivity index (χ2v) is 14.0. The Morgan fingerprint density at radius 1 is 0.411 bits per heavy atom. The van der Waals surface area contributed by atoms with Gasteiger partial charge in [-0.05, 0) is 53.6 Å². The molecule has 262 valence electrons. The number of pyridine rings is 1. The molecule has 0 aliphatic rings. The third kappa shape index (κ3) is 5.21. The van der Waals surface area contributed by atoms with E-state index < -0.39 is 0 Å². The maximum atomic E-state index is 6.96. The summed E-state index contributed by atoms with van der Waals surface area (Å²) in [7, 11) is 0. The summed E-state index contributed by atoms with van der Waals surface area (Å²) in [5.41, 5.74) is 14.6. The molecule has 0 unspecified atom stereocenters. The van der Waals surface area contributed by atoms with Crippen molar-refractivity contribution in [3.05, 3.63) is 194 Å². The molecule has 0 atom stereocenters. The first-order chi connectivity index (χ1) is 27.8. The van der Waals surface area contributed by atoms with Crippen LogP contribution in [0, 0.1) is 0 Å². The van der Waals surface area contributed by atoms with Gasteiger partial charge in [0.05, 0.1) is 33.5 Å². The van der Waals surface area contributed by atoms with Gasteiger partial charge in [0.25, 0.3) is 0 Å². The van der Waals surface area contributed by atoms with Crippen molar-refractivity contribution in [3.63, 3.8) is 0 Å². The Balaban J connectivity index is 1.11. The van der Waals surface area contributed by atoms with Gasteiger partial charge >= 0.3 is 0 Å². The van der Waals surface area contributed by atoms with E-state index >= 15 is 0 Å². The van der Waals surface area contributed by atoms with Crippen molar-refractivity contribution >= 4 is 43.9 Å². The number of rotatable bonds is 6. The van der Waals surface area contributed by atoms with Gasteiger partial charge in [-0.3, -0.25) is 0 Å². The molecule has 56 heavy (non-hydrogen) atoms. The molecule has 11 rings (SSSR count). The van der Waals surface area contributed by atoms with Crippen LogP contribution in [0.3, 0.4) is 0 Å². The van der Waals surface area contributed by atoms with E-state index in [4.69, 9.17) is 19.4 Å². The number of nitrogens with zero attached hydrogens (tertiary/aromatic N) is 4. The van der Waals surface area contributed by atoms with E-state index in [1.165, 1.54) is 0 Å². The van der Waals surface area contributed by atoms with Crippen molar-refractivity contribution in [2.75, 3.05) is 0 Å². The molecule has 4 heterocycles. The smallest absolute Gasteiger partial charge is 0.161 e. The number of hydrogen-bond acceptors (Lipinski definition) is 4.